The summed E-state index contributed by atoms with van der Waals surface area (Å²) in [4.78, 5) is 12.0. The summed E-state index contributed by atoms with van der Waals surface area (Å²) >= 11 is 0. The Bertz CT molecular complexity index is 334. The Kier molecular flexibility index (Phi) is 6.70. The van der Waals surface area contributed by atoms with Crippen molar-refractivity contribution >= 4 is 5.78 Å². The molecule has 0 N–H and O–H groups in total. The van der Waals surface area contributed by atoms with Crippen LogP contribution in [0.5, 0.6) is 0 Å². The van der Waals surface area contributed by atoms with Crippen molar-refractivity contribution in [2.45, 2.75) is 52.9 Å². The van der Waals surface area contributed by atoms with Crippen LogP contribution in [0.3, 0.4) is 0 Å². The number of benzene rings is 1. The SMILES string of the molecule is CC.CC1CCC(CC(=O)c2ccccc2)CC1. The first-order valence-corrected chi connectivity index (χ1v) is 7.34. The second-order valence-corrected chi connectivity index (χ2v) is 5.12. The third-order valence-electron chi connectivity index (χ3n) is 3.71. The molecule has 2 rings (SSSR count). The number of carbonyl (C=O) groups excluding carboxylic acids is 1. The number of Topliss-reactive ketones (excluding diaryl/α,β-unsaturated/α-hetero) is 1. The highest BCUT2D eigenvalue weighted by Gasteiger charge is 2.20. The molecule has 1 aromatic rings. The van der Waals surface area contributed by atoms with Crippen LogP contribution in [-0.4, -0.2) is 5.78 Å². The first-order chi connectivity index (χ1) is 8.75. The van der Waals surface area contributed by atoms with Crippen LogP contribution < -0.4 is 0 Å². The van der Waals surface area contributed by atoms with Crippen molar-refractivity contribution < 1.29 is 4.79 Å². The van der Waals surface area contributed by atoms with Gasteiger partial charge in [0.1, 0.15) is 0 Å². The van der Waals surface area contributed by atoms with Crippen LogP contribution >= 0.6 is 0 Å². The fourth-order valence-corrected chi connectivity index (χ4v) is 2.54. The molecule has 0 amide bonds. The molecule has 0 spiro atoms. The number of rotatable bonds is 3. The summed E-state index contributed by atoms with van der Waals surface area (Å²) in [5, 5.41) is 0. The highest BCUT2D eigenvalue weighted by molar-refractivity contribution is 5.96. The minimum absolute atomic E-state index is 0.320. The molecular formula is C17H26O. The molecule has 1 fully saturated rings. The first-order valence-electron chi connectivity index (χ1n) is 7.34. The van der Waals surface area contributed by atoms with Crippen LogP contribution in [0.4, 0.5) is 0 Å². The second-order valence-electron chi connectivity index (χ2n) is 5.12. The van der Waals surface area contributed by atoms with Gasteiger partial charge in [-0.2, -0.15) is 0 Å². The summed E-state index contributed by atoms with van der Waals surface area (Å²) in [7, 11) is 0. The van der Waals surface area contributed by atoms with E-state index in [-0.39, 0.29) is 0 Å². The van der Waals surface area contributed by atoms with E-state index in [9.17, 15) is 4.79 Å². The molecule has 1 aliphatic rings. The van der Waals surface area contributed by atoms with Gasteiger partial charge in [-0.25, -0.2) is 0 Å². The lowest BCUT2D eigenvalue weighted by Crippen LogP contribution is -2.16. The fraction of sp³-hybridized carbons (Fsp3) is 0.588. The van der Waals surface area contributed by atoms with Gasteiger partial charge in [-0.3, -0.25) is 4.79 Å². The number of hydrogen-bond acceptors (Lipinski definition) is 1. The Morgan fingerprint density at radius 3 is 2.17 bits per heavy atom. The van der Waals surface area contributed by atoms with E-state index in [1.165, 1.54) is 25.7 Å². The maximum absolute atomic E-state index is 12.0. The predicted molar refractivity (Wildman–Crippen MR) is 77.9 cm³/mol. The average Bonchev–Trinajstić information content (AvgIpc) is 2.44. The lowest BCUT2D eigenvalue weighted by atomic mass is 9.80. The third-order valence-corrected chi connectivity index (χ3v) is 3.71. The highest BCUT2D eigenvalue weighted by atomic mass is 16.1. The molecule has 0 bridgehead atoms. The van der Waals surface area contributed by atoms with Gasteiger partial charge in [-0.1, -0.05) is 63.9 Å². The lowest BCUT2D eigenvalue weighted by molar-refractivity contribution is 0.0944. The highest BCUT2D eigenvalue weighted by Crippen LogP contribution is 2.31. The summed E-state index contributed by atoms with van der Waals surface area (Å²) in [6.07, 6.45) is 5.82. The smallest absolute Gasteiger partial charge is 0.163 e. The van der Waals surface area contributed by atoms with E-state index in [4.69, 9.17) is 0 Å². The molecule has 1 saturated carbocycles. The van der Waals surface area contributed by atoms with Crippen LogP contribution in [0.1, 0.15) is 63.2 Å². The Morgan fingerprint density at radius 2 is 1.61 bits per heavy atom. The predicted octanol–water partition coefficient (Wildman–Crippen LogP) is 5.11. The van der Waals surface area contributed by atoms with Crippen molar-refractivity contribution in [3.8, 4) is 0 Å². The summed E-state index contributed by atoms with van der Waals surface area (Å²) in [6, 6.07) is 9.69. The largest absolute Gasteiger partial charge is 0.294 e. The van der Waals surface area contributed by atoms with E-state index in [0.717, 1.165) is 17.9 Å². The van der Waals surface area contributed by atoms with Crippen LogP contribution in [-0.2, 0) is 0 Å². The van der Waals surface area contributed by atoms with E-state index in [1.54, 1.807) is 0 Å². The summed E-state index contributed by atoms with van der Waals surface area (Å²) in [5.74, 6) is 1.81. The van der Waals surface area contributed by atoms with Gasteiger partial charge in [0, 0.05) is 12.0 Å². The topological polar surface area (TPSA) is 17.1 Å². The van der Waals surface area contributed by atoms with Crippen LogP contribution in [0, 0.1) is 11.8 Å². The Morgan fingerprint density at radius 1 is 1.06 bits per heavy atom. The zero-order valence-electron chi connectivity index (χ0n) is 12.0. The quantitative estimate of drug-likeness (QED) is 0.677. The number of carbonyl (C=O) groups is 1. The molecular weight excluding hydrogens is 220 g/mol. The van der Waals surface area contributed by atoms with Crippen LogP contribution in [0.25, 0.3) is 0 Å². The van der Waals surface area contributed by atoms with Gasteiger partial charge in [0.15, 0.2) is 5.78 Å². The molecule has 0 heterocycles. The van der Waals surface area contributed by atoms with Gasteiger partial charge in [-0.05, 0) is 24.7 Å². The van der Waals surface area contributed by atoms with Crippen LogP contribution in [0.2, 0.25) is 0 Å². The van der Waals surface area contributed by atoms with Gasteiger partial charge in [0.2, 0.25) is 0 Å². The summed E-state index contributed by atoms with van der Waals surface area (Å²) < 4.78 is 0. The minimum atomic E-state index is 0.320. The van der Waals surface area contributed by atoms with E-state index in [2.05, 4.69) is 6.92 Å². The Labute approximate surface area is 112 Å². The van der Waals surface area contributed by atoms with E-state index >= 15 is 0 Å². The molecule has 0 radical (unpaired) electrons. The van der Waals surface area contributed by atoms with Gasteiger partial charge in [0.05, 0.1) is 0 Å². The van der Waals surface area contributed by atoms with Crippen molar-refractivity contribution in [2.24, 2.45) is 11.8 Å². The second kappa shape index (κ2) is 8.07. The van der Waals surface area contributed by atoms with Gasteiger partial charge in [-0.15, -0.1) is 0 Å². The van der Waals surface area contributed by atoms with Crippen molar-refractivity contribution in [3.05, 3.63) is 35.9 Å². The normalized spacial score (nSPS) is 22.8. The fourth-order valence-electron chi connectivity index (χ4n) is 2.54. The zero-order chi connectivity index (χ0) is 13.4. The third kappa shape index (κ3) is 4.64. The monoisotopic (exact) mass is 246 g/mol. The van der Waals surface area contributed by atoms with Crippen molar-refractivity contribution in [1.82, 2.24) is 0 Å². The van der Waals surface area contributed by atoms with Gasteiger partial charge >= 0.3 is 0 Å². The molecule has 1 nitrogen and oxygen atoms in total. The molecule has 0 atom stereocenters. The average molecular weight is 246 g/mol. The molecule has 100 valence electrons. The molecule has 0 unspecified atom stereocenters. The standard InChI is InChI=1S/C15H20O.C2H6/c1-12-7-9-13(10-8-12)11-15(16)14-5-3-2-4-6-14;1-2/h2-6,12-13H,7-11H2,1H3;1-2H3. The molecule has 0 aromatic heterocycles. The van der Waals surface area contributed by atoms with Gasteiger partial charge < -0.3 is 0 Å². The van der Waals surface area contributed by atoms with Crippen molar-refractivity contribution in [2.75, 3.05) is 0 Å². The van der Waals surface area contributed by atoms with Crippen LogP contribution in [0.15, 0.2) is 30.3 Å². The summed E-state index contributed by atoms with van der Waals surface area (Å²) in [6.45, 7) is 6.31. The first kappa shape index (κ1) is 14.9. The Balaban J connectivity index is 0.000000771. The zero-order valence-corrected chi connectivity index (χ0v) is 12.0. The van der Waals surface area contributed by atoms with Crippen molar-refractivity contribution in [3.63, 3.8) is 0 Å². The molecule has 1 aromatic carbocycles. The van der Waals surface area contributed by atoms with E-state index in [0.29, 0.717) is 11.7 Å². The van der Waals surface area contributed by atoms with Gasteiger partial charge in [0.25, 0.3) is 0 Å². The van der Waals surface area contributed by atoms with Crippen molar-refractivity contribution in [1.29, 1.82) is 0 Å². The maximum Gasteiger partial charge on any atom is 0.163 e. The Hall–Kier alpha value is -1.11. The number of hydrogen-bond donors (Lipinski definition) is 0. The van der Waals surface area contributed by atoms with E-state index in [1.807, 2.05) is 44.2 Å². The minimum Gasteiger partial charge on any atom is -0.294 e. The molecule has 0 saturated heterocycles. The van der Waals surface area contributed by atoms with E-state index < -0.39 is 0 Å². The maximum atomic E-state index is 12.0. The summed E-state index contributed by atoms with van der Waals surface area (Å²) in [5.41, 5.74) is 0.876. The molecule has 1 heteroatoms. The number of ketones is 1. The molecule has 0 aliphatic heterocycles. The lowest BCUT2D eigenvalue weighted by Gasteiger charge is -2.25. The molecule has 1 aliphatic carbocycles. The molecule has 18 heavy (non-hydrogen) atoms.